The maximum absolute atomic E-state index is 10.9. The van der Waals surface area contributed by atoms with Crippen LogP contribution in [0.5, 0.6) is 0 Å². The second kappa shape index (κ2) is 4.56. The quantitative estimate of drug-likeness (QED) is 0.732. The van der Waals surface area contributed by atoms with Gasteiger partial charge in [-0.25, -0.2) is 0 Å². The van der Waals surface area contributed by atoms with E-state index in [0.717, 1.165) is 18.1 Å². The van der Waals surface area contributed by atoms with Gasteiger partial charge in [-0.1, -0.05) is 6.42 Å². The van der Waals surface area contributed by atoms with Crippen molar-refractivity contribution in [1.82, 2.24) is 10.6 Å². The van der Waals surface area contributed by atoms with Crippen LogP contribution in [0.2, 0.25) is 0 Å². The molecule has 2 saturated heterocycles. The van der Waals surface area contributed by atoms with Crippen LogP contribution in [0.15, 0.2) is 0 Å². The van der Waals surface area contributed by atoms with Crippen molar-refractivity contribution in [3.8, 4) is 0 Å². The van der Waals surface area contributed by atoms with E-state index >= 15 is 0 Å². The van der Waals surface area contributed by atoms with E-state index in [1.807, 2.05) is 0 Å². The summed E-state index contributed by atoms with van der Waals surface area (Å²) >= 11 is 2.11. The molecule has 0 radical (unpaired) electrons. The number of carbonyl (C=O) groups excluding carboxylic acids is 1. The standard InChI is InChI=1S/C13H22N2OS/c1-9(16)4-2-3-5-11-12-10(8-17-11)14-13(15-12)6-7-13/h10-12,14-15H,2-8H2,1H3. The highest BCUT2D eigenvalue weighted by atomic mass is 32.2. The Morgan fingerprint density at radius 1 is 1.35 bits per heavy atom. The van der Waals surface area contributed by atoms with Crippen LogP contribution in [-0.4, -0.2) is 34.5 Å². The Morgan fingerprint density at radius 3 is 2.88 bits per heavy atom. The highest BCUT2D eigenvalue weighted by Crippen LogP contribution is 2.44. The molecule has 0 amide bonds. The number of hydrogen-bond donors (Lipinski definition) is 2. The van der Waals surface area contributed by atoms with E-state index in [4.69, 9.17) is 0 Å². The summed E-state index contributed by atoms with van der Waals surface area (Å²) in [6.45, 7) is 1.69. The zero-order valence-corrected chi connectivity index (χ0v) is 11.3. The summed E-state index contributed by atoms with van der Waals surface area (Å²) < 4.78 is 0. The van der Waals surface area contributed by atoms with Crippen LogP contribution in [0.3, 0.4) is 0 Å². The van der Waals surface area contributed by atoms with Crippen molar-refractivity contribution in [3.63, 3.8) is 0 Å². The SMILES string of the molecule is CC(=O)CCCCC1SCC2NC3(CC3)NC21. The summed E-state index contributed by atoms with van der Waals surface area (Å²) in [5.41, 5.74) is 0.341. The number of carbonyl (C=O) groups is 1. The van der Waals surface area contributed by atoms with Crippen molar-refractivity contribution >= 4 is 17.5 Å². The van der Waals surface area contributed by atoms with Gasteiger partial charge in [-0.05, 0) is 32.6 Å². The Kier molecular flexibility index (Phi) is 3.22. The molecule has 1 saturated carbocycles. The largest absolute Gasteiger partial charge is 0.300 e. The van der Waals surface area contributed by atoms with E-state index in [-0.39, 0.29) is 0 Å². The first-order valence-corrected chi connectivity index (χ1v) is 7.90. The topological polar surface area (TPSA) is 41.1 Å². The number of Topliss-reactive ketones (excluding diaryl/α,β-unsaturated/α-hetero) is 1. The van der Waals surface area contributed by atoms with Gasteiger partial charge in [0.05, 0.1) is 5.66 Å². The van der Waals surface area contributed by atoms with Gasteiger partial charge in [0, 0.05) is 29.5 Å². The third-order valence-electron chi connectivity index (χ3n) is 4.25. The van der Waals surface area contributed by atoms with Crippen molar-refractivity contribution in [3.05, 3.63) is 0 Å². The minimum absolute atomic E-state index is 0.333. The molecule has 0 aromatic heterocycles. The minimum atomic E-state index is 0.333. The van der Waals surface area contributed by atoms with Gasteiger partial charge in [-0.2, -0.15) is 11.8 Å². The molecule has 3 aliphatic rings. The number of thioether (sulfide) groups is 1. The molecule has 0 aromatic rings. The number of fused-ring (bicyclic) bond motifs is 1. The van der Waals surface area contributed by atoms with Crippen molar-refractivity contribution in [1.29, 1.82) is 0 Å². The Labute approximate surface area is 107 Å². The second-order valence-corrected chi connectivity index (χ2v) is 7.09. The highest BCUT2D eigenvalue weighted by Gasteiger charge is 2.55. The van der Waals surface area contributed by atoms with Crippen molar-refractivity contribution in [2.24, 2.45) is 0 Å². The monoisotopic (exact) mass is 254 g/mol. The van der Waals surface area contributed by atoms with E-state index in [9.17, 15) is 4.79 Å². The molecule has 1 spiro atoms. The second-order valence-electron chi connectivity index (χ2n) is 5.82. The van der Waals surface area contributed by atoms with Gasteiger partial charge in [0.2, 0.25) is 0 Å². The van der Waals surface area contributed by atoms with Crippen molar-refractivity contribution < 1.29 is 4.79 Å². The van der Waals surface area contributed by atoms with Gasteiger partial charge in [-0.15, -0.1) is 0 Å². The summed E-state index contributed by atoms with van der Waals surface area (Å²) in [7, 11) is 0. The maximum Gasteiger partial charge on any atom is 0.129 e. The molecule has 3 fully saturated rings. The van der Waals surface area contributed by atoms with Crippen LogP contribution in [0, 0.1) is 0 Å². The molecule has 2 N–H and O–H groups in total. The van der Waals surface area contributed by atoms with Gasteiger partial charge < -0.3 is 4.79 Å². The van der Waals surface area contributed by atoms with Gasteiger partial charge in [0.25, 0.3) is 0 Å². The molecule has 17 heavy (non-hydrogen) atoms. The third kappa shape index (κ3) is 2.54. The number of unbranched alkanes of at least 4 members (excludes halogenated alkanes) is 1. The van der Waals surface area contributed by atoms with Crippen LogP contribution in [0.1, 0.15) is 45.4 Å². The summed E-state index contributed by atoms with van der Waals surface area (Å²) in [4.78, 5) is 10.9. The highest BCUT2D eigenvalue weighted by molar-refractivity contribution is 8.00. The normalized spacial score (nSPS) is 37.4. The first-order valence-electron chi connectivity index (χ1n) is 6.85. The fraction of sp³-hybridized carbons (Fsp3) is 0.923. The third-order valence-corrected chi connectivity index (χ3v) is 5.75. The van der Waals surface area contributed by atoms with Gasteiger partial charge in [0.15, 0.2) is 0 Å². The molecule has 1 aliphatic carbocycles. The molecule has 3 unspecified atom stereocenters. The van der Waals surface area contributed by atoms with Crippen LogP contribution >= 0.6 is 11.8 Å². The fourth-order valence-electron chi connectivity index (χ4n) is 3.13. The molecule has 3 rings (SSSR count). The predicted octanol–water partition coefficient (Wildman–Crippen LogP) is 1.67. The molecule has 96 valence electrons. The summed E-state index contributed by atoms with van der Waals surface area (Å²) in [6, 6.07) is 1.38. The Morgan fingerprint density at radius 2 is 2.18 bits per heavy atom. The summed E-state index contributed by atoms with van der Waals surface area (Å²) in [6.07, 6.45) is 6.92. The van der Waals surface area contributed by atoms with E-state index < -0.39 is 0 Å². The zero-order chi connectivity index (χ0) is 11.9. The minimum Gasteiger partial charge on any atom is -0.300 e. The lowest BCUT2D eigenvalue weighted by molar-refractivity contribution is -0.117. The van der Waals surface area contributed by atoms with Crippen LogP contribution in [0.25, 0.3) is 0 Å². The molecule has 4 heteroatoms. The maximum atomic E-state index is 10.9. The van der Waals surface area contributed by atoms with E-state index in [1.54, 1.807) is 6.92 Å². The molecular formula is C13H22N2OS. The van der Waals surface area contributed by atoms with Crippen LogP contribution < -0.4 is 10.6 Å². The van der Waals surface area contributed by atoms with E-state index in [1.165, 1.54) is 31.4 Å². The molecule has 0 bridgehead atoms. The number of nitrogens with one attached hydrogen (secondary N) is 2. The Bertz CT molecular complexity index is 317. The van der Waals surface area contributed by atoms with E-state index in [2.05, 4.69) is 22.4 Å². The van der Waals surface area contributed by atoms with Crippen molar-refractivity contribution in [2.45, 2.75) is 68.4 Å². The average Bonchev–Trinajstić information content (AvgIpc) is 2.76. The summed E-state index contributed by atoms with van der Waals surface area (Å²) in [5.74, 6) is 1.59. The molecular weight excluding hydrogens is 232 g/mol. The fourth-order valence-corrected chi connectivity index (χ4v) is 4.67. The van der Waals surface area contributed by atoms with Crippen molar-refractivity contribution in [2.75, 3.05) is 5.75 Å². The number of hydrogen-bond acceptors (Lipinski definition) is 4. The predicted molar refractivity (Wildman–Crippen MR) is 71.2 cm³/mol. The molecule has 2 heterocycles. The van der Waals surface area contributed by atoms with Crippen LogP contribution in [0.4, 0.5) is 0 Å². The number of ketones is 1. The Balaban J connectivity index is 1.44. The molecule has 2 aliphatic heterocycles. The van der Waals surface area contributed by atoms with Gasteiger partial charge >= 0.3 is 0 Å². The Hall–Kier alpha value is -0.0600. The first-order chi connectivity index (χ1) is 8.19. The van der Waals surface area contributed by atoms with Gasteiger partial charge in [0.1, 0.15) is 5.78 Å². The smallest absolute Gasteiger partial charge is 0.129 e. The van der Waals surface area contributed by atoms with E-state index in [0.29, 0.717) is 23.5 Å². The lowest BCUT2D eigenvalue weighted by atomic mass is 10.0. The zero-order valence-electron chi connectivity index (χ0n) is 10.5. The lowest BCUT2D eigenvalue weighted by Gasteiger charge is -2.18. The molecule has 3 atom stereocenters. The molecule has 0 aromatic carbocycles. The van der Waals surface area contributed by atoms with Gasteiger partial charge in [-0.3, -0.25) is 10.6 Å². The van der Waals surface area contributed by atoms with Crippen LogP contribution in [-0.2, 0) is 4.79 Å². The summed E-state index contributed by atoms with van der Waals surface area (Å²) in [5, 5.41) is 8.32. The lowest BCUT2D eigenvalue weighted by Crippen LogP contribution is -2.39. The number of rotatable bonds is 5. The average molecular weight is 254 g/mol. The first kappa shape index (κ1) is 12.0. The molecule has 3 nitrogen and oxygen atoms in total.